The number of hydrogen-bond donors (Lipinski definition) is 2. The molecule has 6 nitrogen and oxygen atoms in total. The van der Waals surface area contributed by atoms with Crippen molar-refractivity contribution in [3.05, 3.63) is 54.4 Å². The molecule has 1 fully saturated rings. The fraction of sp³-hybridized carbons (Fsp3) is 0.364. The summed E-state index contributed by atoms with van der Waals surface area (Å²) in [4.78, 5) is 19.0. The molecule has 0 saturated carbocycles. The van der Waals surface area contributed by atoms with Crippen LogP contribution in [0.3, 0.4) is 0 Å². The van der Waals surface area contributed by atoms with Gasteiger partial charge in [-0.3, -0.25) is 0 Å². The highest BCUT2D eigenvalue weighted by molar-refractivity contribution is 5.89. The van der Waals surface area contributed by atoms with E-state index in [-0.39, 0.29) is 6.03 Å². The van der Waals surface area contributed by atoms with E-state index in [2.05, 4.69) is 29.4 Å². The van der Waals surface area contributed by atoms with Crippen LogP contribution in [0.25, 0.3) is 16.9 Å². The number of aromatic nitrogens is 2. The van der Waals surface area contributed by atoms with Gasteiger partial charge in [0.2, 0.25) is 0 Å². The van der Waals surface area contributed by atoms with Crippen molar-refractivity contribution >= 4 is 17.4 Å². The quantitative estimate of drug-likeness (QED) is 0.706. The Bertz CT molecular complexity index is 991. The summed E-state index contributed by atoms with van der Waals surface area (Å²) in [6.07, 6.45) is 6.16. The van der Waals surface area contributed by atoms with Crippen LogP contribution >= 0.6 is 0 Å². The molecule has 146 valence electrons. The van der Waals surface area contributed by atoms with Gasteiger partial charge in [-0.15, -0.1) is 0 Å². The van der Waals surface area contributed by atoms with Crippen LogP contribution in [0.1, 0.15) is 31.7 Å². The minimum atomic E-state index is -0.677. The van der Waals surface area contributed by atoms with Gasteiger partial charge < -0.3 is 19.7 Å². The number of amides is 2. The van der Waals surface area contributed by atoms with Crippen LogP contribution in [-0.4, -0.2) is 44.1 Å². The van der Waals surface area contributed by atoms with Crippen LogP contribution in [0.5, 0.6) is 0 Å². The smallest absolute Gasteiger partial charge is 0.321 e. The molecule has 3 heterocycles. The molecule has 3 aromatic rings. The average Bonchev–Trinajstić information content (AvgIpc) is 2.98. The SMILES string of the molecule is Cc1ccn2cc(-c3ccc(NC(=O)N4CCC[C@](C)(O)CC4)cc3)nc2c1. The molecule has 1 aliphatic heterocycles. The summed E-state index contributed by atoms with van der Waals surface area (Å²) in [5, 5.41) is 13.1. The first kappa shape index (κ1) is 18.5. The molecule has 1 aliphatic rings. The van der Waals surface area contributed by atoms with E-state index in [1.165, 1.54) is 5.56 Å². The summed E-state index contributed by atoms with van der Waals surface area (Å²) in [6.45, 7) is 5.13. The van der Waals surface area contributed by atoms with Crippen molar-refractivity contribution in [2.75, 3.05) is 18.4 Å². The average molecular weight is 378 g/mol. The molecular formula is C22H26N4O2. The van der Waals surface area contributed by atoms with E-state index in [1.54, 1.807) is 4.90 Å². The van der Waals surface area contributed by atoms with Crippen LogP contribution in [-0.2, 0) is 0 Å². The Kier molecular flexibility index (Phi) is 4.81. The molecule has 1 atom stereocenters. The van der Waals surface area contributed by atoms with Crippen LogP contribution in [0, 0.1) is 6.92 Å². The number of urea groups is 1. The predicted molar refractivity (Wildman–Crippen MR) is 110 cm³/mol. The van der Waals surface area contributed by atoms with Gasteiger partial charge in [0.1, 0.15) is 5.65 Å². The van der Waals surface area contributed by atoms with Crippen LogP contribution in [0.4, 0.5) is 10.5 Å². The van der Waals surface area contributed by atoms with Crippen molar-refractivity contribution < 1.29 is 9.90 Å². The Morgan fingerprint density at radius 3 is 2.75 bits per heavy atom. The number of aliphatic hydroxyl groups is 1. The molecule has 2 N–H and O–H groups in total. The maximum Gasteiger partial charge on any atom is 0.321 e. The third kappa shape index (κ3) is 4.02. The predicted octanol–water partition coefficient (Wildman–Crippen LogP) is 4.08. The largest absolute Gasteiger partial charge is 0.390 e. The van der Waals surface area contributed by atoms with Crippen LogP contribution in [0.2, 0.25) is 0 Å². The number of benzene rings is 1. The third-order valence-corrected chi connectivity index (χ3v) is 5.40. The molecule has 1 saturated heterocycles. The zero-order valence-corrected chi connectivity index (χ0v) is 16.4. The lowest BCUT2D eigenvalue weighted by Gasteiger charge is -2.23. The fourth-order valence-corrected chi connectivity index (χ4v) is 3.62. The number of carbonyl (C=O) groups excluding carboxylic acids is 1. The molecule has 0 bridgehead atoms. The van der Waals surface area contributed by atoms with Crippen molar-refractivity contribution in [3.8, 4) is 11.3 Å². The normalized spacial score (nSPS) is 20.2. The zero-order chi connectivity index (χ0) is 19.7. The Labute approximate surface area is 164 Å². The van der Waals surface area contributed by atoms with E-state index in [0.29, 0.717) is 19.5 Å². The topological polar surface area (TPSA) is 69.9 Å². The number of aryl methyl sites for hydroxylation is 1. The van der Waals surface area contributed by atoms with Gasteiger partial charge in [0.25, 0.3) is 0 Å². The molecule has 0 unspecified atom stereocenters. The highest BCUT2D eigenvalue weighted by atomic mass is 16.3. The lowest BCUT2D eigenvalue weighted by atomic mass is 9.98. The van der Waals surface area contributed by atoms with Crippen LogP contribution in [0.15, 0.2) is 48.8 Å². The van der Waals surface area contributed by atoms with Gasteiger partial charge >= 0.3 is 6.03 Å². The second kappa shape index (κ2) is 7.28. The van der Waals surface area contributed by atoms with E-state index in [0.717, 1.165) is 35.4 Å². The van der Waals surface area contributed by atoms with Gasteiger partial charge in [-0.1, -0.05) is 12.1 Å². The van der Waals surface area contributed by atoms with Crippen molar-refractivity contribution in [2.24, 2.45) is 0 Å². The van der Waals surface area contributed by atoms with Gasteiger partial charge in [0.15, 0.2) is 0 Å². The van der Waals surface area contributed by atoms with Gasteiger partial charge in [-0.25, -0.2) is 9.78 Å². The maximum atomic E-state index is 12.6. The number of nitrogens with zero attached hydrogens (tertiary/aromatic N) is 3. The van der Waals surface area contributed by atoms with Crippen molar-refractivity contribution in [1.29, 1.82) is 0 Å². The number of imidazole rings is 1. The fourth-order valence-electron chi connectivity index (χ4n) is 3.62. The molecule has 28 heavy (non-hydrogen) atoms. The Balaban J connectivity index is 1.44. The van der Waals surface area contributed by atoms with Crippen molar-refractivity contribution in [2.45, 2.75) is 38.7 Å². The first-order valence-corrected chi connectivity index (χ1v) is 9.74. The molecule has 0 radical (unpaired) electrons. The van der Waals surface area contributed by atoms with E-state index in [9.17, 15) is 9.90 Å². The second-order valence-electron chi connectivity index (χ2n) is 7.94. The highest BCUT2D eigenvalue weighted by Gasteiger charge is 2.27. The summed E-state index contributed by atoms with van der Waals surface area (Å²) in [5.74, 6) is 0. The van der Waals surface area contributed by atoms with E-state index in [1.807, 2.05) is 48.0 Å². The monoisotopic (exact) mass is 378 g/mol. The highest BCUT2D eigenvalue weighted by Crippen LogP contribution is 2.24. The second-order valence-corrected chi connectivity index (χ2v) is 7.94. The number of pyridine rings is 1. The maximum absolute atomic E-state index is 12.6. The molecule has 1 aromatic carbocycles. The molecule has 4 rings (SSSR count). The van der Waals surface area contributed by atoms with Gasteiger partial charge in [0.05, 0.1) is 11.3 Å². The Hall–Kier alpha value is -2.86. The molecule has 2 amide bonds. The number of hydrogen-bond acceptors (Lipinski definition) is 3. The van der Waals surface area contributed by atoms with Crippen molar-refractivity contribution in [3.63, 3.8) is 0 Å². The minimum Gasteiger partial charge on any atom is -0.390 e. The van der Waals surface area contributed by atoms with E-state index in [4.69, 9.17) is 0 Å². The van der Waals surface area contributed by atoms with Gasteiger partial charge in [-0.05, 0) is 62.9 Å². The van der Waals surface area contributed by atoms with Crippen molar-refractivity contribution in [1.82, 2.24) is 14.3 Å². The summed E-state index contributed by atoms with van der Waals surface area (Å²) in [7, 11) is 0. The number of likely N-dealkylation sites (tertiary alicyclic amines) is 1. The molecule has 6 heteroatoms. The Morgan fingerprint density at radius 1 is 1.18 bits per heavy atom. The standard InChI is InChI=1S/C22H26N4O2/c1-16-8-12-26-15-19(24-20(26)14-16)17-4-6-18(7-5-17)23-21(27)25-11-3-9-22(2,28)10-13-25/h4-8,12,14-15,28H,3,9-11,13H2,1-2H3,(H,23,27)/t22-/m0/s1. The number of nitrogens with one attached hydrogen (secondary N) is 1. The summed E-state index contributed by atoms with van der Waals surface area (Å²) in [5.41, 5.74) is 4.08. The van der Waals surface area contributed by atoms with Gasteiger partial charge in [0, 0.05) is 36.7 Å². The van der Waals surface area contributed by atoms with Gasteiger partial charge in [-0.2, -0.15) is 0 Å². The summed E-state index contributed by atoms with van der Waals surface area (Å²) in [6, 6.07) is 11.7. The molecular weight excluding hydrogens is 352 g/mol. The summed E-state index contributed by atoms with van der Waals surface area (Å²) < 4.78 is 2.01. The number of anilines is 1. The molecule has 2 aromatic heterocycles. The first-order chi connectivity index (χ1) is 13.4. The third-order valence-electron chi connectivity index (χ3n) is 5.40. The lowest BCUT2D eigenvalue weighted by Crippen LogP contribution is -2.36. The zero-order valence-electron chi connectivity index (χ0n) is 16.4. The van der Waals surface area contributed by atoms with E-state index >= 15 is 0 Å². The summed E-state index contributed by atoms with van der Waals surface area (Å²) >= 11 is 0. The minimum absolute atomic E-state index is 0.117. The Morgan fingerprint density at radius 2 is 1.96 bits per heavy atom. The van der Waals surface area contributed by atoms with Crippen LogP contribution < -0.4 is 5.32 Å². The number of rotatable bonds is 2. The molecule has 0 spiro atoms. The lowest BCUT2D eigenvalue weighted by molar-refractivity contribution is 0.0458. The number of carbonyl (C=O) groups is 1. The van der Waals surface area contributed by atoms with E-state index < -0.39 is 5.60 Å². The number of fused-ring (bicyclic) bond motifs is 1. The first-order valence-electron chi connectivity index (χ1n) is 9.74. The molecule has 0 aliphatic carbocycles.